The summed E-state index contributed by atoms with van der Waals surface area (Å²) in [6.07, 6.45) is 3.02. The minimum absolute atomic E-state index is 0.0856. The Kier molecular flexibility index (Phi) is 2.72. The van der Waals surface area contributed by atoms with Crippen LogP contribution in [0.5, 0.6) is 0 Å². The molecule has 1 saturated heterocycles. The van der Waals surface area contributed by atoms with Gasteiger partial charge in [0.15, 0.2) is 0 Å². The minimum Gasteiger partial charge on any atom is -0.364 e. The molecule has 4 heteroatoms. The van der Waals surface area contributed by atoms with E-state index in [4.69, 9.17) is 5.26 Å². The van der Waals surface area contributed by atoms with Gasteiger partial charge in [0.25, 0.3) is 0 Å². The van der Waals surface area contributed by atoms with Gasteiger partial charge in [0, 0.05) is 24.9 Å². The molecule has 1 N–H and O–H groups in total. The van der Waals surface area contributed by atoms with Gasteiger partial charge < -0.3 is 9.88 Å². The first-order chi connectivity index (χ1) is 7.29. The fourth-order valence-electron chi connectivity index (χ4n) is 1.83. The van der Waals surface area contributed by atoms with Crippen LogP contribution in [0.4, 0.5) is 0 Å². The number of amides is 1. The molecule has 0 saturated carbocycles. The van der Waals surface area contributed by atoms with Crippen molar-refractivity contribution in [2.75, 3.05) is 6.54 Å². The third-order valence-corrected chi connectivity index (χ3v) is 2.73. The van der Waals surface area contributed by atoms with E-state index >= 15 is 0 Å². The Bertz CT molecular complexity index is 377. The third-order valence-electron chi connectivity index (χ3n) is 2.73. The lowest BCUT2D eigenvalue weighted by atomic mass is 9.98. The van der Waals surface area contributed by atoms with Gasteiger partial charge >= 0.3 is 0 Å². The average molecular weight is 203 g/mol. The molecule has 0 spiro atoms. The first-order valence-corrected chi connectivity index (χ1v) is 5.09. The molecule has 1 amide bonds. The van der Waals surface area contributed by atoms with Gasteiger partial charge in [0.05, 0.1) is 18.5 Å². The third kappa shape index (κ3) is 2.18. The molecule has 1 aliphatic rings. The van der Waals surface area contributed by atoms with Crippen molar-refractivity contribution in [3.8, 4) is 6.07 Å². The van der Waals surface area contributed by atoms with Gasteiger partial charge in [-0.25, -0.2) is 0 Å². The summed E-state index contributed by atoms with van der Waals surface area (Å²) in [5.41, 5.74) is 1.04. The van der Waals surface area contributed by atoms with E-state index in [-0.39, 0.29) is 11.8 Å². The molecule has 1 fully saturated rings. The number of H-pyrrole nitrogens is 1. The predicted molar refractivity (Wildman–Crippen MR) is 54.5 cm³/mol. The second-order valence-corrected chi connectivity index (χ2v) is 3.83. The van der Waals surface area contributed by atoms with Crippen LogP contribution in [-0.2, 0) is 11.3 Å². The fraction of sp³-hybridized carbons (Fsp3) is 0.455. The molecule has 4 nitrogen and oxygen atoms in total. The van der Waals surface area contributed by atoms with Crippen molar-refractivity contribution < 1.29 is 4.79 Å². The molecule has 1 atom stereocenters. The van der Waals surface area contributed by atoms with E-state index in [2.05, 4.69) is 11.1 Å². The van der Waals surface area contributed by atoms with E-state index in [1.165, 1.54) is 0 Å². The molecule has 15 heavy (non-hydrogen) atoms. The van der Waals surface area contributed by atoms with Crippen LogP contribution < -0.4 is 0 Å². The molecule has 1 unspecified atom stereocenters. The zero-order chi connectivity index (χ0) is 10.7. The van der Waals surface area contributed by atoms with Crippen molar-refractivity contribution in [3.05, 3.63) is 24.0 Å². The number of hydrogen-bond acceptors (Lipinski definition) is 2. The number of aromatic amines is 1. The maximum Gasteiger partial charge on any atom is 0.224 e. The second-order valence-electron chi connectivity index (χ2n) is 3.83. The first-order valence-electron chi connectivity index (χ1n) is 5.09. The van der Waals surface area contributed by atoms with E-state index < -0.39 is 0 Å². The number of carbonyl (C=O) groups excluding carboxylic acids is 1. The quantitative estimate of drug-likeness (QED) is 0.787. The molecule has 1 aromatic heterocycles. The van der Waals surface area contributed by atoms with Gasteiger partial charge in [0.2, 0.25) is 5.91 Å². The first kappa shape index (κ1) is 9.78. The number of likely N-dealkylation sites (tertiary alicyclic amines) is 1. The standard InChI is InChI=1S/C11H13N3O/c12-7-9-3-5-14(11(15)6-9)8-10-2-1-4-13-10/h1-2,4,9,13H,3,5-6,8H2. The van der Waals surface area contributed by atoms with Crippen LogP contribution in [0.2, 0.25) is 0 Å². The molecule has 1 aliphatic heterocycles. The Balaban J connectivity index is 1.95. The van der Waals surface area contributed by atoms with Crippen LogP contribution in [0.15, 0.2) is 18.3 Å². The molecule has 0 radical (unpaired) electrons. The van der Waals surface area contributed by atoms with Crippen LogP contribution in [0, 0.1) is 17.2 Å². The highest BCUT2D eigenvalue weighted by Crippen LogP contribution is 2.18. The largest absolute Gasteiger partial charge is 0.364 e. The number of rotatable bonds is 2. The van der Waals surface area contributed by atoms with Crippen molar-refractivity contribution in [1.29, 1.82) is 5.26 Å². The lowest BCUT2D eigenvalue weighted by Crippen LogP contribution is -2.37. The van der Waals surface area contributed by atoms with E-state index in [1.807, 2.05) is 18.3 Å². The second kappa shape index (κ2) is 4.18. The molecular weight excluding hydrogens is 190 g/mol. The van der Waals surface area contributed by atoms with Gasteiger partial charge in [-0.2, -0.15) is 5.26 Å². The van der Waals surface area contributed by atoms with Crippen LogP contribution >= 0.6 is 0 Å². The lowest BCUT2D eigenvalue weighted by Gasteiger charge is -2.28. The van der Waals surface area contributed by atoms with Crippen LogP contribution in [0.1, 0.15) is 18.5 Å². The van der Waals surface area contributed by atoms with Crippen molar-refractivity contribution >= 4 is 5.91 Å². The average Bonchev–Trinajstić information content (AvgIpc) is 2.74. The summed E-state index contributed by atoms with van der Waals surface area (Å²) in [6.45, 7) is 1.32. The summed E-state index contributed by atoms with van der Waals surface area (Å²) in [7, 11) is 0. The number of nitrogens with zero attached hydrogens (tertiary/aromatic N) is 2. The van der Waals surface area contributed by atoms with Gasteiger partial charge in [-0.3, -0.25) is 4.79 Å². The van der Waals surface area contributed by atoms with Crippen molar-refractivity contribution in [1.82, 2.24) is 9.88 Å². The van der Waals surface area contributed by atoms with E-state index in [1.54, 1.807) is 4.90 Å². The Labute approximate surface area is 88.5 Å². The molecule has 0 bridgehead atoms. The molecule has 0 aromatic carbocycles. The zero-order valence-electron chi connectivity index (χ0n) is 8.44. The van der Waals surface area contributed by atoms with Gasteiger partial charge in [-0.05, 0) is 18.6 Å². The Morgan fingerprint density at radius 2 is 2.53 bits per heavy atom. The maximum absolute atomic E-state index is 11.7. The van der Waals surface area contributed by atoms with Crippen LogP contribution in [-0.4, -0.2) is 22.3 Å². The van der Waals surface area contributed by atoms with E-state index in [0.717, 1.165) is 12.1 Å². The summed E-state index contributed by atoms with van der Waals surface area (Å²) in [4.78, 5) is 16.5. The topological polar surface area (TPSA) is 59.9 Å². The monoisotopic (exact) mass is 203 g/mol. The van der Waals surface area contributed by atoms with Crippen molar-refractivity contribution in [2.24, 2.45) is 5.92 Å². The summed E-state index contributed by atoms with van der Waals surface area (Å²) in [5.74, 6) is -0.000193. The predicted octanol–water partition coefficient (Wildman–Crippen LogP) is 1.28. The summed E-state index contributed by atoms with van der Waals surface area (Å²) < 4.78 is 0. The maximum atomic E-state index is 11.7. The highest BCUT2D eigenvalue weighted by Gasteiger charge is 2.25. The summed E-state index contributed by atoms with van der Waals surface area (Å²) in [5, 5.41) is 8.72. The highest BCUT2D eigenvalue weighted by atomic mass is 16.2. The number of aromatic nitrogens is 1. The Hall–Kier alpha value is -1.76. The SMILES string of the molecule is N#CC1CCN(Cc2ccc[nH]2)C(=O)C1. The molecule has 78 valence electrons. The fourth-order valence-corrected chi connectivity index (χ4v) is 1.83. The van der Waals surface area contributed by atoms with Crippen LogP contribution in [0.3, 0.4) is 0 Å². The number of piperidine rings is 1. The lowest BCUT2D eigenvalue weighted by molar-refractivity contribution is -0.134. The molecular formula is C11H13N3O. The van der Waals surface area contributed by atoms with Crippen molar-refractivity contribution in [2.45, 2.75) is 19.4 Å². The number of nitriles is 1. The minimum atomic E-state index is -0.0857. The molecule has 2 heterocycles. The normalized spacial score (nSPS) is 21.4. The van der Waals surface area contributed by atoms with Crippen molar-refractivity contribution in [3.63, 3.8) is 0 Å². The summed E-state index contributed by atoms with van der Waals surface area (Å²) >= 11 is 0. The molecule has 2 rings (SSSR count). The zero-order valence-corrected chi connectivity index (χ0v) is 8.44. The highest BCUT2D eigenvalue weighted by molar-refractivity contribution is 5.77. The number of carbonyl (C=O) groups is 1. The van der Waals surface area contributed by atoms with Crippen LogP contribution in [0.25, 0.3) is 0 Å². The number of nitrogens with one attached hydrogen (secondary N) is 1. The Morgan fingerprint density at radius 3 is 3.13 bits per heavy atom. The van der Waals surface area contributed by atoms with E-state index in [9.17, 15) is 4.79 Å². The molecule has 1 aromatic rings. The smallest absolute Gasteiger partial charge is 0.224 e. The van der Waals surface area contributed by atoms with Gasteiger partial charge in [0.1, 0.15) is 0 Å². The van der Waals surface area contributed by atoms with E-state index in [0.29, 0.717) is 19.5 Å². The number of hydrogen-bond donors (Lipinski definition) is 1. The molecule has 0 aliphatic carbocycles. The Morgan fingerprint density at radius 1 is 1.67 bits per heavy atom. The summed E-state index contributed by atoms with van der Waals surface area (Å²) in [6, 6.07) is 6.04. The van der Waals surface area contributed by atoms with Gasteiger partial charge in [-0.15, -0.1) is 0 Å². The van der Waals surface area contributed by atoms with Gasteiger partial charge in [-0.1, -0.05) is 0 Å².